The van der Waals surface area contributed by atoms with Crippen LogP contribution < -0.4 is 5.32 Å². The predicted molar refractivity (Wildman–Crippen MR) is 88.9 cm³/mol. The van der Waals surface area contributed by atoms with Gasteiger partial charge >= 0.3 is 0 Å². The Morgan fingerprint density at radius 1 is 1.33 bits per heavy atom. The third kappa shape index (κ3) is 2.62. The molecule has 1 N–H and O–H groups in total. The molecule has 2 aliphatic carbocycles. The van der Waals surface area contributed by atoms with Gasteiger partial charge < -0.3 is 14.8 Å². The molecule has 3 aliphatic rings. The minimum Gasteiger partial charge on any atom is -0.351 e. The van der Waals surface area contributed by atoms with Crippen LogP contribution in [-0.2, 0) is 16.6 Å². The number of imidazole rings is 1. The molecule has 2 amide bonds. The number of carbonyl (C=O) groups is 2. The Morgan fingerprint density at radius 2 is 2.04 bits per heavy atom. The second kappa shape index (κ2) is 5.33. The second-order valence-electron chi connectivity index (χ2n) is 8.31. The van der Waals surface area contributed by atoms with Gasteiger partial charge in [0.25, 0.3) is 0 Å². The molecule has 130 valence electrons. The Hall–Kier alpha value is -1.85. The number of aryl methyl sites for hydroxylation is 1. The van der Waals surface area contributed by atoms with Crippen LogP contribution in [0.3, 0.4) is 0 Å². The SMILES string of the molecule is Cn1cncc1[C@H]1[C@H](NC(=O)[C@H]2CC2(C)C)CCC(=O)N1C1CC1. The molecule has 2 heterocycles. The van der Waals surface area contributed by atoms with E-state index in [4.69, 9.17) is 0 Å². The standard InChI is InChI=1S/C18H26N4O2/c1-18(2)8-12(18)17(24)20-13-6-7-15(23)22(11-4-5-11)16(13)14-9-19-10-21(14)3/h9-13,16H,4-8H2,1-3H3,(H,20,24)/t12-,13-,16-/m1/s1. The quantitative estimate of drug-likeness (QED) is 0.915. The van der Waals surface area contributed by atoms with Gasteiger partial charge in [-0.25, -0.2) is 4.98 Å². The third-order valence-corrected chi connectivity index (χ3v) is 5.89. The largest absolute Gasteiger partial charge is 0.351 e. The Labute approximate surface area is 142 Å². The molecule has 0 aromatic carbocycles. The first-order chi connectivity index (χ1) is 11.4. The van der Waals surface area contributed by atoms with E-state index in [1.165, 1.54) is 0 Å². The van der Waals surface area contributed by atoms with Crippen LogP contribution >= 0.6 is 0 Å². The van der Waals surface area contributed by atoms with Gasteiger partial charge in [0, 0.05) is 25.4 Å². The fourth-order valence-electron chi connectivity index (χ4n) is 4.05. The van der Waals surface area contributed by atoms with Crippen LogP contribution in [0.1, 0.15) is 57.7 Å². The van der Waals surface area contributed by atoms with Crippen molar-refractivity contribution < 1.29 is 9.59 Å². The number of piperidine rings is 1. The van der Waals surface area contributed by atoms with E-state index in [1.807, 2.05) is 22.7 Å². The van der Waals surface area contributed by atoms with E-state index in [0.717, 1.165) is 25.0 Å². The second-order valence-corrected chi connectivity index (χ2v) is 8.31. The van der Waals surface area contributed by atoms with Crippen LogP contribution in [0.5, 0.6) is 0 Å². The first-order valence-electron chi connectivity index (χ1n) is 8.96. The lowest BCUT2D eigenvalue weighted by molar-refractivity contribution is -0.140. The van der Waals surface area contributed by atoms with Crippen molar-refractivity contribution in [1.29, 1.82) is 0 Å². The van der Waals surface area contributed by atoms with Crippen LogP contribution in [0.4, 0.5) is 0 Å². The minimum absolute atomic E-state index is 0.0254. The third-order valence-electron chi connectivity index (χ3n) is 5.89. The van der Waals surface area contributed by atoms with Gasteiger partial charge in [0.2, 0.25) is 11.8 Å². The van der Waals surface area contributed by atoms with Crippen molar-refractivity contribution in [2.24, 2.45) is 18.4 Å². The van der Waals surface area contributed by atoms with Gasteiger partial charge in [-0.1, -0.05) is 13.8 Å². The van der Waals surface area contributed by atoms with Crippen molar-refractivity contribution in [1.82, 2.24) is 19.8 Å². The summed E-state index contributed by atoms with van der Waals surface area (Å²) in [5.74, 6) is 0.458. The summed E-state index contributed by atoms with van der Waals surface area (Å²) >= 11 is 0. The maximum absolute atomic E-state index is 12.6. The van der Waals surface area contributed by atoms with Crippen LogP contribution in [0.2, 0.25) is 0 Å². The summed E-state index contributed by atoms with van der Waals surface area (Å²) in [4.78, 5) is 31.4. The highest BCUT2D eigenvalue weighted by Gasteiger charge is 2.52. The van der Waals surface area contributed by atoms with E-state index in [2.05, 4.69) is 24.1 Å². The maximum Gasteiger partial charge on any atom is 0.223 e. The fraction of sp³-hybridized carbons (Fsp3) is 0.722. The molecule has 1 saturated heterocycles. The molecule has 1 aromatic heterocycles. The first-order valence-corrected chi connectivity index (χ1v) is 8.96. The number of likely N-dealkylation sites (tertiary alicyclic amines) is 1. The molecule has 1 aliphatic heterocycles. The van der Waals surface area contributed by atoms with Gasteiger partial charge in [0.05, 0.1) is 30.3 Å². The smallest absolute Gasteiger partial charge is 0.223 e. The van der Waals surface area contributed by atoms with Gasteiger partial charge in [0.1, 0.15) is 0 Å². The molecule has 3 fully saturated rings. The molecular formula is C18H26N4O2. The molecule has 6 nitrogen and oxygen atoms in total. The number of hydrogen-bond donors (Lipinski definition) is 1. The van der Waals surface area contributed by atoms with E-state index in [-0.39, 0.29) is 35.2 Å². The molecule has 24 heavy (non-hydrogen) atoms. The number of nitrogens with zero attached hydrogens (tertiary/aromatic N) is 3. The van der Waals surface area contributed by atoms with Crippen molar-refractivity contribution in [2.75, 3.05) is 0 Å². The summed E-state index contributed by atoms with van der Waals surface area (Å²) in [6.07, 6.45) is 7.90. The molecule has 4 rings (SSSR count). The fourth-order valence-corrected chi connectivity index (χ4v) is 4.05. The average molecular weight is 330 g/mol. The van der Waals surface area contributed by atoms with Crippen LogP contribution in [-0.4, -0.2) is 38.3 Å². The van der Waals surface area contributed by atoms with Crippen molar-refractivity contribution in [2.45, 2.75) is 64.1 Å². The molecule has 3 atom stereocenters. The molecule has 6 heteroatoms. The summed E-state index contributed by atoms with van der Waals surface area (Å²) in [6, 6.07) is 0.203. The van der Waals surface area contributed by atoms with Gasteiger partial charge in [0.15, 0.2) is 0 Å². The van der Waals surface area contributed by atoms with Crippen LogP contribution in [0.15, 0.2) is 12.5 Å². The highest BCUT2D eigenvalue weighted by atomic mass is 16.2. The van der Waals surface area contributed by atoms with Crippen molar-refractivity contribution in [3.8, 4) is 0 Å². The van der Waals surface area contributed by atoms with Crippen molar-refractivity contribution in [3.05, 3.63) is 18.2 Å². The Bertz CT molecular complexity index is 676. The lowest BCUT2D eigenvalue weighted by Crippen LogP contribution is -2.53. The zero-order valence-corrected chi connectivity index (χ0v) is 14.7. The normalized spacial score (nSPS) is 31.9. The monoisotopic (exact) mass is 330 g/mol. The van der Waals surface area contributed by atoms with Crippen LogP contribution in [0, 0.1) is 11.3 Å². The minimum atomic E-state index is -0.0999. The van der Waals surface area contributed by atoms with E-state index < -0.39 is 0 Å². The number of carbonyl (C=O) groups excluding carboxylic acids is 2. The maximum atomic E-state index is 12.6. The molecule has 2 saturated carbocycles. The Kier molecular flexibility index (Phi) is 3.48. The molecule has 0 unspecified atom stereocenters. The first kappa shape index (κ1) is 15.7. The number of amides is 2. The summed E-state index contributed by atoms with van der Waals surface area (Å²) < 4.78 is 1.97. The van der Waals surface area contributed by atoms with E-state index in [9.17, 15) is 9.59 Å². The van der Waals surface area contributed by atoms with Crippen molar-refractivity contribution >= 4 is 11.8 Å². The van der Waals surface area contributed by atoms with Gasteiger partial charge in [-0.15, -0.1) is 0 Å². The summed E-state index contributed by atoms with van der Waals surface area (Å²) in [7, 11) is 1.95. The zero-order chi connectivity index (χ0) is 17.1. The van der Waals surface area contributed by atoms with Gasteiger partial charge in [-0.3, -0.25) is 9.59 Å². The molecular weight excluding hydrogens is 304 g/mol. The predicted octanol–water partition coefficient (Wildman–Crippen LogP) is 1.78. The lowest BCUT2D eigenvalue weighted by Gasteiger charge is -2.41. The molecule has 1 aromatic rings. The van der Waals surface area contributed by atoms with E-state index in [1.54, 1.807) is 6.33 Å². The Morgan fingerprint density at radius 3 is 2.58 bits per heavy atom. The van der Waals surface area contributed by atoms with Crippen LogP contribution in [0.25, 0.3) is 0 Å². The zero-order valence-electron chi connectivity index (χ0n) is 14.7. The summed E-state index contributed by atoms with van der Waals surface area (Å²) in [5, 5.41) is 3.26. The number of rotatable bonds is 4. The number of hydrogen-bond acceptors (Lipinski definition) is 3. The van der Waals surface area contributed by atoms with E-state index in [0.29, 0.717) is 18.9 Å². The lowest BCUT2D eigenvalue weighted by atomic mass is 9.92. The highest BCUT2D eigenvalue weighted by Crippen LogP contribution is 2.52. The average Bonchev–Trinajstić information content (AvgIpc) is 3.41. The molecule has 0 bridgehead atoms. The topological polar surface area (TPSA) is 67.2 Å². The highest BCUT2D eigenvalue weighted by molar-refractivity contribution is 5.83. The number of aromatic nitrogens is 2. The van der Waals surface area contributed by atoms with Crippen molar-refractivity contribution in [3.63, 3.8) is 0 Å². The van der Waals surface area contributed by atoms with E-state index >= 15 is 0 Å². The molecule has 0 spiro atoms. The summed E-state index contributed by atoms with van der Waals surface area (Å²) in [6.45, 7) is 4.27. The Balaban J connectivity index is 1.60. The number of nitrogens with one attached hydrogen (secondary N) is 1. The van der Waals surface area contributed by atoms with Gasteiger partial charge in [-0.2, -0.15) is 0 Å². The molecule has 0 radical (unpaired) electrons. The van der Waals surface area contributed by atoms with Gasteiger partial charge in [-0.05, 0) is 31.1 Å². The summed E-state index contributed by atoms with van der Waals surface area (Å²) in [5.41, 5.74) is 1.13.